The number of carbonyl (C=O) groups excluding carboxylic acids is 1. The molecule has 2 aromatic carbocycles. The Morgan fingerprint density at radius 2 is 1.81 bits per heavy atom. The summed E-state index contributed by atoms with van der Waals surface area (Å²) in [7, 11) is -3.06. The van der Waals surface area contributed by atoms with Gasteiger partial charge in [0, 0.05) is 22.3 Å². The van der Waals surface area contributed by atoms with Crippen molar-refractivity contribution in [2.45, 2.75) is 6.92 Å². The van der Waals surface area contributed by atoms with Crippen molar-refractivity contribution < 1.29 is 13.2 Å². The third-order valence-electron chi connectivity index (χ3n) is 3.20. The molecule has 0 aliphatic rings. The molecule has 1 N–H and O–H groups in total. The van der Waals surface area contributed by atoms with E-state index < -0.39 is 9.84 Å². The van der Waals surface area contributed by atoms with Crippen LogP contribution in [0.5, 0.6) is 0 Å². The van der Waals surface area contributed by atoms with E-state index in [0.717, 1.165) is 15.2 Å². The van der Waals surface area contributed by atoms with E-state index in [1.807, 2.05) is 24.3 Å². The molecule has 0 spiro atoms. The van der Waals surface area contributed by atoms with E-state index in [0.29, 0.717) is 5.56 Å². The van der Waals surface area contributed by atoms with Gasteiger partial charge in [-0.15, -0.1) is 0 Å². The van der Waals surface area contributed by atoms with E-state index in [1.165, 1.54) is 0 Å². The molecule has 6 heteroatoms. The van der Waals surface area contributed by atoms with Crippen LogP contribution >= 0.6 is 15.9 Å². The maximum atomic E-state index is 12.0. The molecule has 21 heavy (non-hydrogen) atoms. The maximum absolute atomic E-state index is 12.0. The molecule has 112 valence electrons. The Hall–Kier alpha value is -1.40. The van der Waals surface area contributed by atoms with Gasteiger partial charge >= 0.3 is 0 Å². The molecule has 0 saturated heterocycles. The normalized spacial score (nSPS) is 11.5. The Kier molecular flexibility index (Phi) is 5.00. The van der Waals surface area contributed by atoms with Gasteiger partial charge in [0.2, 0.25) is 0 Å². The molecule has 0 radical (unpaired) electrons. The number of nitrogens with one attached hydrogen (secondary N) is 1. The van der Waals surface area contributed by atoms with E-state index in [1.54, 1.807) is 19.1 Å². The highest BCUT2D eigenvalue weighted by Crippen LogP contribution is 2.20. The van der Waals surface area contributed by atoms with Crippen molar-refractivity contribution in [2.75, 3.05) is 18.1 Å². The predicted molar refractivity (Wildman–Crippen MR) is 88.3 cm³/mol. The molecule has 0 unspecified atom stereocenters. The van der Waals surface area contributed by atoms with Crippen molar-refractivity contribution in [2.24, 2.45) is 0 Å². The van der Waals surface area contributed by atoms with Gasteiger partial charge in [-0.2, -0.15) is 0 Å². The molecular formula is C15H16BrNO3S. The first-order valence-corrected chi connectivity index (χ1v) is 9.20. The molecule has 1 amide bonds. The van der Waals surface area contributed by atoms with Crippen LogP contribution in [0.3, 0.4) is 0 Å². The zero-order valence-corrected chi connectivity index (χ0v) is 14.0. The first kappa shape index (κ1) is 16.0. The van der Waals surface area contributed by atoms with Crippen LogP contribution in [-0.4, -0.2) is 32.4 Å². The zero-order chi connectivity index (χ0) is 15.5. The summed E-state index contributed by atoms with van der Waals surface area (Å²) in [4.78, 5) is 12.0. The fraction of sp³-hybridized carbons (Fsp3) is 0.267. The summed E-state index contributed by atoms with van der Waals surface area (Å²) in [6.45, 7) is 1.73. The number of hydrogen-bond acceptors (Lipinski definition) is 3. The Morgan fingerprint density at radius 1 is 1.14 bits per heavy atom. The summed E-state index contributed by atoms with van der Waals surface area (Å²) >= 11 is 3.40. The number of benzene rings is 2. The van der Waals surface area contributed by atoms with Gasteiger partial charge in [0.15, 0.2) is 9.84 Å². The average Bonchev–Trinajstić information content (AvgIpc) is 2.46. The second kappa shape index (κ2) is 6.58. The first-order valence-electron chi connectivity index (χ1n) is 6.59. The molecule has 0 heterocycles. The van der Waals surface area contributed by atoms with Crippen LogP contribution in [-0.2, 0) is 9.84 Å². The van der Waals surface area contributed by atoms with E-state index in [4.69, 9.17) is 0 Å². The lowest BCUT2D eigenvalue weighted by Gasteiger charge is -2.06. The smallest absolute Gasteiger partial charge is 0.251 e. The van der Waals surface area contributed by atoms with Crippen molar-refractivity contribution in [3.05, 3.63) is 46.4 Å². The zero-order valence-electron chi connectivity index (χ0n) is 11.6. The van der Waals surface area contributed by atoms with Crippen molar-refractivity contribution in [1.82, 2.24) is 5.32 Å². The Morgan fingerprint density at radius 3 is 2.52 bits per heavy atom. The van der Waals surface area contributed by atoms with Gasteiger partial charge in [-0.25, -0.2) is 8.42 Å². The molecule has 0 aliphatic carbocycles. The van der Waals surface area contributed by atoms with Crippen LogP contribution in [0.1, 0.15) is 17.3 Å². The van der Waals surface area contributed by atoms with Crippen molar-refractivity contribution in [3.63, 3.8) is 0 Å². The fourth-order valence-electron chi connectivity index (χ4n) is 1.92. The Labute approximate surface area is 132 Å². The van der Waals surface area contributed by atoms with Gasteiger partial charge in [-0.3, -0.25) is 4.79 Å². The minimum absolute atomic E-state index is 0.0320. The highest BCUT2D eigenvalue weighted by atomic mass is 79.9. The van der Waals surface area contributed by atoms with Crippen LogP contribution in [0.25, 0.3) is 10.8 Å². The standard InChI is InChI=1S/C15H16BrNO3S/c1-2-21(19,20)8-7-17-15(18)13-4-3-12-10-14(16)6-5-11(12)9-13/h3-6,9-10H,2,7-8H2,1H3,(H,17,18). The number of hydrogen-bond donors (Lipinski definition) is 1. The summed E-state index contributed by atoms with van der Waals surface area (Å²) in [5.74, 6) is -0.199. The minimum atomic E-state index is -3.06. The molecule has 2 aromatic rings. The van der Waals surface area contributed by atoms with Gasteiger partial charge in [-0.1, -0.05) is 35.0 Å². The van der Waals surface area contributed by atoms with Gasteiger partial charge in [-0.05, 0) is 35.0 Å². The largest absolute Gasteiger partial charge is 0.351 e. The van der Waals surface area contributed by atoms with Crippen LogP contribution < -0.4 is 5.32 Å². The second-order valence-electron chi connectivity index (χ2n) is 4.70. The van der Waals surface area contributed by atoms with Crippen molar-refractivity contribution >= 4 is 42.4 Å². The van der Waals surface area contributed by atoms with Gasteiger partial charge < -0.3 is 5.32 Å². The number of halogens is 1. The summed E-state index contributed by atoms with van der Waals surface area (Å²) in [5, 5.41) is 4.64. The summed E-state index contributed by atoms with van der Waals surface area (Å²) in [6, 6.07) is 11.2. The fourth-order valence-corrected chi connectivity index (χ4v) is 3.00. The lowest BCUT2D eigenvalue weighted by molar-refractivity contribution is 0.0956. The molecule has 0 atom stereocenters. The van der Waals surface area contributed by atoms with Crippen LogP contribution in [0.4, 0.5) is 0 Å². The Bertz CT molecular complexity index is 772. The third-order valence-corrected chi connectivity index (χ3v) is 5.40. The molecule has 0 aliphatic heterocycles. The molecular weight excluding hydrogens is 354 g/mol. The summed E-state index contributed by atoms with van der Waals surface area (Å²) in [5.41, 5.74) is 0.527. The first-order chi connectivity index (χ1) is 9.91. The monoisotopic (exact) mass is 369 g/mol. The molecule has 0 aromatic heterocycles. The van der Waals surface area contributed by atoms with Gasteiger partial charge in [0.05, 0.1) is 5.75 Å². The topological polar surface area (TPSA) is 63.2 Å². The average molecular weight is 370 g/mol. The number of carbonyl (C=O) groups is 1. The number of amides is 1. The van der Waals surface area contributed by atoms with Crippen molar-refractivity contribution in [3.8, 4) is 0 Å². The summed E-state index contributed by atoms with van der Waals surface area (Å²) < 4.78 is 23.7. The maximum Gasteiger partial charge on any atom is 0.251 e. The van der Waals surface area contributed by atoms with E-state index >= 15 is 0 Å². The lowest BCUT2D eigenvalue weighted by atomic mass is 10.1. The molecule has 2 rings (SSSR count). The number of sulfone groups is 1. The van der Waals surface area contributed by atoms with E-state index in [-0.39, 0.29) is 24.0 Å². The van der Waals surface area contributed by atoms with Crippen LogP contribution in [0, 0.1) is 0 Å². The van der Waals surface area contributed by atoms with Crippen LogP contribution in [0.15, 0.2) is 40.9 Å². The molecule has 0 fully saturated rings. The lowest BCUT2D eigenvalue weighted by Crippen LogP contribution is -2.29. The highest BCUT2D eigenvalue weighted by Gasteiger charge is 2.10. The van der Waals surface area contributed by atoms with E-state index in [2.05, 4.69) is 21.2 Å². The molecule has 0 bridgehead atoms. The third kappa shape index (κ3) is 4.28. The van der Waals surface area contributed by atoms with Gasteiger partial charge in [0.25, 0.3) is 5.91 Å². The van der Waals surface area contributed by atoms with Crippen LogP contribution in [0.2, 0.25) is 0 Å². The molecule has 4 nitrogen and oxygen atoms in total. The Balaban J connectivity index is 2.08. The summed E-state index contributed by atoms with van der Waals surface area (Å²) in [6.07, 6.45) is 0. The molecule has 0 saturated carbocycles. The van der Waals surface area contributed by atoms with Gasteiger partial charge in [0.1, 0.15) is 0 Å². The van der Waals surface area contributed by atoms with Crippen molar-refractivity contribution in [1.29, 1.82) is 0 Å². The quantitative estimate of drug-likeness (QED) is 0.881. The highest BCUT2D eigenvalue weighted by molar-refractivity contribution is 9.10. The number of rotatable bonds is 5. The van der Waals surface area contributed by atoms with E-state index in [9.17, 15) is 13.2 Å². The minimum Gasteiger partial charge on any atom is -0.351 e. The second-order valence-corrected chi connectivity index (χ2v) is 8.09. The predicted octanol–water partition coefficient (Wildman–Crippen LogP) is 2.77. The number of fused-ring (bicyclic) bond motifs is 1. The SMILES string of the molecule is CCS(=O)(=O)CCNC(=O)c1ccc2cc(Br)ccc2c1.